The second-order valence-corrected chi connectivity index (χ2v) is 39.5. The molecule has 12 rings (SSSR count). The maximum atomic E-state index is 8.52. The molecule has 12 fully saturated rings. The molecule has 0 N–H and O–H groups in total. The molecule has 0 radical (unpaired) electrons. The van der Waals surface area contributed by atoms with Gasteiger partial charge in [0.05, 0.1) is 0 Å². The van der Waals surface area contributed by atoms with E-state index < -0.39 is 37.5 Å². The third-order valence-corrected chi connectivity index (χ3v) is 42.4. The summed E-state index contributed by atoms with van der Waals surface area (Å²) in [5, 5.41) is 0. The van der Waals surface area contributed by atoms with Gasteiger partial charge in [-0.05, 0) is 0 Å². The van der Waals surface area contributed by atoms with Gasteiger partial charge in [-0.25, -0.2) is 0 Å². The van der Waals surface area contributed by atoms with E-state index in [9.17, 15) is 0 Å². The van der Waals surface area contributed by atoms with Crippen LogP contribution >= 0.6 is 37.5 Å². The Bertz CT molecular complexity index is 1550. The summed E-state index contributed by atoms with van der Waals surface area (Å²) in [6, 6.07) is 0. The van der Waals surface area contributed by atoms with Crippen LogP contribution in [0.15, 0.2) is 18.1 Å². The first-order chi connectivity index (χ1) is 35.0. The molecule has 0 amide bonds. The van der Waals surface area contributed by atoms with E-state index in [2.05, 4.69) is 63.2 Å². The van der Waals surface area contributed by atoms with Gasteiger partial charge >= 0.3 is 434 Å². The molecule has 0 aromatic rings. The molecular formula is C49H99N16OP5. The number of nitrogens with zero attached hydrogens (tertiary/aromatic N) is 16. The fourth-order valence-electron chi connectivity index (χ4n) is 15.5. The van der Waals surface area contributed by atoms with E-state index in [0.29, 0.717) is 0 Å². The van der Waals surface area contributed by atoms with E-state index in [1.165, 1.54) is 154 Å². The summed E-state index contributed by atoms with van der Waals surface area (Å²) in [5.41, 5.74) is 0. The Labute approximate surface area is 432 Å². The topological polar surface area (TPSA) is 97.5 Å². The molecule has 0 bridgehead atoms. The van der Waals surface area contributed by atoms with Crippen LogP contribution in [0.4, 0.5) is 0 Å². The molecule has 0 saturated carbocycles. The van der Waals surface area contributed by atoms with Gasteiger partial charge < -0.3 is 0 Å². The van der Waals surface area contributed by atoms with Crippen LogP contribution in [-0.4, -0.2) is 220 Å². The van der Waals surface area contributed by atoms with Gasteiger partial charge in [0.15, 0.2) is 0 Å². The van der Waals surface area contributed by atoms with Gasteiger partial charge in [0, 0.05) is 0 Å². The molecule has 12 aliphatic heterocycles. The van der Waals surface area contributed by atoms with Crippen molar-refractivity contribution in [2.45, 2.75) is 154 Å². The van der Waals surface area contributed by atoms with Crippen LogP contribution in [0.2, 0.25) is 0 Å². The Morgan fingerprint density at radius 1 is 0.211 bits per heavy atom. The quantitative estimate of drug-likeness (QED) is 0.129. The van der Waals surface area contributed by atoms with E-state index in [0.717, 1.165) is 157 Å². The Balaban J connectivity index is 1.35. The molecule has 0 aromatic heterocycles. The van der Waals surface area contributed by atoms with Crippen molar-refractivity contribution in [2.75, 3.05) is 164 Å². The fraction of sp³-hybridized carbons (Fsp3) is 1.00. The molecule has 0 unspecified atom stereocenters. The molecule has 17 nitrogen and oxygen atoms in total. The minimum atomic E-state index is -5.06. The summed E-state index contributed by atoms with van der Waals surface area (Å²) in [6.45, 7) is 26.7. The van der Waals surface area contributed by atoms with Crippen molar-refractivity contribution in [2.24, 2.45) is 18.1 Å². The van der Waals surface area contributed by atoms with Gasteiger partial charge in [-0.15, -0.1) is 0 Å². The van der Waals surface area contributed by atoms with E-state index in [1.807, 2.05) is 0 Å². The Kier molecular flexibility index (Phi) is 16.7. The van der Waals surface area contributed by atoms with Crippen molar-refractivity contribution < 1.29 is 4.52 Å². The van der Waals surface area contributed by atoms with Gasteiger partial charge in [0.25, 0.3) is 0 Å². The zero-order chi connectivity index (χ0) is 47.9. The number of hydrogen-bond donors (Lipinski definition) is 0. The monoisotopic (exact) mass is 1080 g/mol. The molecule has 22 heteroatoms. The van der Waals surface area contributed by atoms with Gasteiger partial charge in [-0.2, -0.15) is 0 Å². The predicted octanol–water partition coefficient (Wildman–Crippen LogP) is 11.7. The van der Waals surface area contributed by atoms with Crippen molar-refractivity contribution in [3.8, 4) is 0 Å². The molecule has 0 aliphatic carbocycles. The third kappa shape index (κ3) is 9.41. The van der Waals surface area contributed by atoms with E-state index in [-0.39, 0.29) is 0 Å². The summed E-state index contributed by atoms with van der Waals surface area (Å²) in [6.07, 6.45) is 30.0. The molecule has 71 heavy (non-hydrogen) atoms. The first kappa shape index (κ1) is 52.5. The molecular weight excluding hydrogens is 984 g/mol. The van der Waals surface area contributed by atoms with Crippen LogP contribution in [0, 0.1) is 0 Å². The summed E-state index contributed by atoms with van der Waals surface area (Å²) >= 11 is 0. The first-order valence-electron chi connectivity index (χ1n) is 30.2. The molecule has 12 heterocycles. The standard InChI is InChI=1S/C49H99N16OP5/c1-66-71(50-67(54-26-2-3-27-54,55-28-4-5-29-55)56-30-6-7-31-56,51-68(57-32-8-9-33-57,58-34-10-11-35-58)59-36-12-13-37-59,52-69(60-38-14-15-39-60,61-40-16-17-41-61)62-42-18-19-43-62)53-70(63-44-20-21-45-63,64-46-22-23-47-64)65-48-24-25-49-65/h2-49H2,1H3. The zero-order valence-corrected chi connectivity index (χ0v) is 49.2. The van der Waals surface area contributed by atoms with Crippen LogP contribution < -0.4 is 0 Å². The average Bonchev–Trinajstić information content (AvgIpc) is 4.26. The van der Waals surface area contributed by atoms with Crippen molar-refractivity contribution in [3.63, 3.8) is 0 Å². The molecule has 12 aliphatic rings. The van der Waals surface area contributed by atoms with Crippen LogP contribution in [0.5, 0.6) is 0 Å². The first-order valence-corrected chi connectivity index (χ1v) is 38.5. The van der Waals surface area contributed by atoms with Gasteiger partial charge in [-0.3, -0.25) is 0 Å². The second kappa shape index (κ2) is 22.5. The van der Waals surface area contributed by atoms with Crippen LogP contribution in [0.25, 0.3) is 0 Å². The normalized spacial score (nSPS) is 30.1. The van der Waals surface area contributed by atoms with Crippen LogP contribution in [-0.2, 0) is 4.52 Å². The van der Waals surface area contributed by atoms with Gasteiger partial charge in [0.1, 0.15) is 0 Å². The summed E-state index contributed by atoms with van der Waals surface area (Å²) < 4.78 is 74.5. The molecule has 12 saturated heterocycles. The van der Waals surface area contributed by atoms with Gasteiger partial charge in [-0.1, -0.05) is 0 Å². The Morgan fingerprint density at radius 2 is 0.310 bits per heavy atom. The van der Waals surface area contributed by atoms with Crippen LogP contribution in [0.3, 0.4) is 0 Å². The minimum absolute atomic E-state index is 1.11. The molecule has 0 aromatic carbocycles. The number of hydrogen-bond acceptors (Lipinski definition) is 5. The average molecular weight is 1080 g/mol. The summed E-state index contributed by atoms with van der Waals surface area (Å²) in [5.74, 6) is 0. The number of rotatable bonds is 17. The molecule has 0 atom stereocenters. The van der Waals surface area contributed by atoms with E-state index in [1.54, 1.807) is 0 Å². The van der Waals surface area contributed by atoms with Crippen molar-refractivity contribution in [1.82, 2.24) is 56.0 Å². The molecule has 0 spiro atoms. The van der Waals surface area contributed by atoms with E-state index in [4.69, 9.17) is 22.6 Å². The third-order valence-electron chi connectivity index (χ3n) is 19.0. The van der Waals surface area contributed by atoms with Crippen LogP contribution in [0.1, 0.15) is 154 Å². The van der Waals surface area contributed by atoms with E-state index >= 15 is 0 Å². The fourth-order valence-corrected chi connectivity index (χ4v) is 45.8. The van der Waals surface area contributed by atoms with Crippen molar-refractivity contribution in [1.29, 1.82) is 0 Å². The predicted molar refractivity (Wildman–Crippen MR) is 301 cm³/mol. The SMILES string of the molecule is COP(N=P(N1CCCC1)(N1CCCC1)N1CCCC1)(N=P(N1CCCC1)(N1CCCC1)N1CCCC1)(N=P(N1CCCC1)(N1CCCC1)N1CCCC1)N=P(N1CCCC1)(N1CCCC1)N1CCCC1. The van der Waals surface area contributed by atoms with Gasteiger partial charge in [0.2, 0.25) is 0 Å². The molecule has 406 valence electrons. The summed E-state index contributed by atoms with van der Waals surface area (Å²) in [7, 11) is -13.8. The zero-order valence-electron chi connectivity index (χ0n) is 44.7. The second-order valence-electron chi connectivity index (χ2n) is 23.5. The van der Waals surface area contributed by atoms with Crippen molar-refractivity contribution >= 4 is 37.5 Å². The Hall–Kier alpha value is 0.830. The maximum absolute atomic E-state index is 8.52. The Morgan fingerprint density at radius 3 is 0.394 bits per heavy atom. The summed E-state index contributed by atoms with van der Waals surface area (Å²) in [4.78, 5) is 0. The van der Waals surface area contributed by atoms with Crippen molar-refractivity contribution in [3.05, 3.63) is 0 Å².